The van der Waals surface area contributed by atoms with Gasteiger partial charge in [-0.05, 0) is 45.0 Å². The lowest BCUT2D eigenvalue weighted by molar-refractivity contribution is 0.189. The Morgan fingerprint density at radius 1 is 1.29 bits per heavy atom. The third-order valence-electron chi connectivity index (χ3n) is 4.40. The molecule has 1 saturated carbocycles. The van der Waals surface area contributed by atoms with Gasteiger partial charge in [0.1, 0.15) is 0 Å². The molecule has 0 aromatic carbocycles. The van der Waals surface area contributed by atoms with Crippen LogP contribution in [0.25, 0.3) is 0 Å². The predicted octanol–water partition coefficient (Wildman–Crippen LogP) is 2.83. The molecule has 4 heteroatoms. The maximum atomic E-state index is 5.06. The van der Waals surface area contributed by atoms with Crippen LogP contribution in [-0.4, -0.2) is 43.2 Å². The zero-order chi connectivity index (χ0) is 14.9. The third kappa shape index (κ3) is 5.64. The monoisotopic (exact) mass is 291 g/mol. The number of methoxy groups -OCH3 is 1. The van der Waals surface area contributed by atoms with Crippen LogP contribution in [-0.2, 0) is 6.54 Å². The fourth-order valence-corrected chi connectivity index (χ4v) is 3.03. The van der Waals surface area contributed by atoms with E-state index >= 15 is 0 Å². The fourth-order valence-electron chi connectivity index (χ4n) is 3.03. The average molecular weight is 291 g/mol. The van der Waals surface area contributed by atoms with Gasteiger partial charge in [0.25, 0.3) is 0 Å². The van der Waals surface area contributed by atoms with Crippen LogP contribution >= 0.6 is 0 Å². The van der Waals surface area contributed by atoms with Gasteiger partial charge in [-0.3, -0.25) is 0 Å². The van der Waals surface area contributed by atoms with Crippen molar-refractivity contribution in [1.82, 2.24) is 15.2 Å². The predicted molar refractivity (Wildman–Crippen MR) is 86.6 cm³/mol. The summed E-state index contributed by atoms with van der Waals surface area (Å²) in [5.74, 6) is 0.674. The average Bonchev–Trinajstić information content (AvgIpc) is 2.55. The van der Waals surface area contributed by atoms with E-state index in [0.29, 0.717) is 5.88 Å². The van der Waals surface area contributed by atoms with Crippen LogP contribution in [0.4, 0.5) is 0 Å². The molecule has 4 nitrogen and oxygen atoms in total. The molecule has 0 aliphatic heterocycles. The minimum absolute atomic E-state index is 0.674. The molecule has 1 aliphatic rings. The summed E-state index contributed by atoms with van der Waals surface area (Å²) in [6, 6.07) is 4.80. The first-order valence-electron chi connectivity index (χ1n) is 8.19. The topological polar surface area (TPSA) is 37.4 Å². The van der Waals surface area contributed by atoms with Crippen molar-refractivity contribution in [2.75, 3.05) is 27.2 Å². The van der Waals surface area contributed by atoms with Crippen molar-refractivity contribution in [3.05, 3.63) is 23.9 Å². The highest BCUT2D eigenvalue weighted by Crippen LogP contribution is 2.21. The van der Waals surface area contributed by atoms with E-state index in [1.165, 1.54) is 50.6 Å². The minimum Gasteiger partial charge on any atom is -0.481 e. The highest BCUT2D eigenvalue weighted by atomic mass is 16.5. The number of rotatable bonds is 8. The smallest absolute Gasteiger partial charge is 0.212 e. The first-order chi connectivity index (χ1) is 10.3. The van der Waals surface area contributed by atoms with E-state index in [-0.39, 0.29) is 0 Å². The molecule has 1 aliphatic carbocycles. The molecule has 0 bridgehead atoms. The number of hydrogen-bond acceptors (Lipinski definition) is 4. The summed E-state index contributed by atoms with van der Waals surface area (Å²) in [6.45, 7) is 3.13. The zero-order valence-corrected chi connectivity index (χ0v) is 13.5. The Hall–Kier alpha value is -1.13. The second-order valence-electron chi connectivity index (χ2n) is 6.01. The maximum absolute atomic E-state index is 5.06. The van der Waals surface area contributed by atoms with Crippen molar-refractivity contribution in [3.63, 3.8) is 0 Å². The van der Waals surface area contributed by atoms with Crippen molar-refractivity contribution < 1.29 is 4.74 Å². The van der Waals surface area contributed by atoms with E-state index in [1.807, 2.05) is 12.3 Å². The lowest BCUT2D eigenvalue weighted by Crippen LogP contribution is -2.35. The molecule has 1 N–H and O–H groups in total. The van der Waals surface area contributed by atoms with Crippen LogP contribution in [0.1, 0.15) is 44.1 Å². The molecule has 1 aromatic heterocycles. The molecular formula is C17H29N3O. The van der Waals surface area contributed by atoms with Gasteiger partial charge in [0.2, 0.25) is 5.88 Å². The summed E-state index contributed by atoms with van der Waals surface area (Å²) in [5.41, 5.74) is 1.21. The highest BCUT2D eigenvalue weighted by Gasteiger charge is 2.16. The molecule has 118 valence electrons. The first-order valence-corrected chi connectivity index (χ1v) is 8.19. The lowest BCUT2D eigenvalue weighted by atomic mass is 9.94. The standard InChI is InChI=1S/C17H29N3O/c1-20(16-7-4-3-5-8-16)12-6-11-18-13-15-9-10-17(21-2)19-14-15/h9-10,14,16,18H,3-8,11-13H2,1-2H3. The van der Waals surface area contributed by atoms with E-state index in [1.54, 1.807) is 7.11 Å². The molecule has 0 unspecified atom stereocenters. The Morgan fingerprint density at radius 3 is 2.76 bits per heavy atom. The zero-order valence-electron chi connectivity index (χ0n) is 13.5. The number of hydrogen-bond donors (Lipinski definition) is 1. The van der Waals surface area contributed by atoms with E-state index in [2.05, 4.69) is 28.3 Å². The molecule has 1 aromatic rings. The largest absolute Gasteiger partial charge is 0.481 e. The number of nitrogens with zero attached hydrogens (tertiary/aromatic N) is 2. The number of pyridine rings is 1. The summed E-state index contributed by atoms with van der Waals surface area (Å²) < 4.78 is 5.06. The molecule has 2 rings (SSSR count). The lowest BCUT2D eigenvalue weighted by Gasteiger charge is -2.31. The fraction of sp³-hybridized carbons (Fsp3) is 0.706. The van der Waals surface area contributed by atoms with Crippen molar-refractivity contribution in [2.24, 2.45) is 0 Å². The van der Waals surface area contributed by atoms with Crippen molar-refractivity contribution in [3.8, 4) is 5.88 Å². The van der Waals surface area contributed by atoms with E-state index < -0.39 is 0 Å². The Kier molecular flexibility index (Phi) is 6.96. The Bertz CT molecular complexity index is 388. The molecule has 0 amide bonds. The summed E-state index contributed by atoms with van der Waals surface area (Å²) in [5, 5.41) is 3.49. The highest BCUT2D eigenvalue weighted by molar-refractivity contribution is 5.17. The molecule has 21 heavy (non-hydrogen) atoms. The van der Waals surface area contributed by atoms with Crippen LogP contribution < -0.4 is 10.1 Å². The summed E-state index contributed by atoms with van der Waals surface area (Å²) in [7, 11) is 3.92. The minimum atomic E-state index is 0.674. The van der Waals surface area contributed by atoms with E-state index in [9.17, 15) is 0 Å². The Balaban J connectivity index is 1.56. The van der Waals surface area contributed by atoms with Gasteiger partial charge in [-0.25, -0.2) is 4.98 Å². The van der Waals surface area contributed by atoms with E-state index in [4.69, 9.17) is 4.74 Å². The van der Waals surface area contributed by atoms with Gasteiger partial charge in [-0.1, -0.05) is 25.3 Å². The maximum Gasteiger partial charge on any atom is 0.212 e. The van der Waals surface area contributed by atoms with Gasteiger partial charge in [-0.2, -0.15) is 0 Å². The quantitative estimate of drug-likeness (QED) is 0.747. The van der Waals surface area contributed by atoms with Crippen LogP contribution in [0.2, 0.25) is 0 Å². The summed E-state index contributed by atoms with van der Waals surface area (Å²) in [6.07, 6.45) is 10.1. The second kappa shape index (κ2) is 9.00. The van der Waals surface area contributed by atoms with Crippen LogP contribution in [0, 0.1) is 0 Å². The molecule has 1 heterocycles. The first kappa shape index (κ1) is 16.2. The van der Waals surface area contributed by atoms with Gasteiger partial charge >= 0.3 is 0 Å². The van der Waals surface area contributed by atoms with Gasteiger partial charge in [0.15, 0.2) is 0 Å². The molecule has 0 atom stereocenters. The van der Waals surface area contributed by atoms with Gasteiger partial charge in [0.05, 0.1) is 7.11 Å². The van der Waals surface area contributed by atoms with Gasteiger partial charge < -0.3 is 15.0 Å². The number of nitrogens with one attached hydrogen (secondary N) is 1. The van der Waals surface area contributed by atoms with Crippen LogP contribution in [0.15, 0.2) is 18.3 Å². The van der Waals surface area contributed by atoms with Crippen LogP contribution in [0.3, 0.4) is 0 Å². The van der Waals surface area contributed by atoms with Crippen molar-refractivity contribution >= 4 is 0 Å². The molecule has 0 radical (unpaired) electrons. The normalized spacial score (nSPS) is 16.3. The van der Waals surface area contributed by atoms with Crippen molar-refractivity contribution in [1.29, 1.82) is 0 Å². The van der Waals surface area contributed by atoms with Gasteiger partial charge in [0, 0.05) is 24.8 Å². The molecule has 0 saturated heterocycles. The molecule has 1 fully saturated rings. The van der Waals surface area contributed by atoms with E-state index in [0.717, 1.165) is 19.1 Å². The molecule has 0 spiro atoms. The number of aromatic nitrogens is 1. The second-order valence-corrected chi connectivity index (χ2v) is 6.01. The molecular weight excluding hydrogens is 262 g/mol. The summed E-state index contributed by atoms with van der Waals surface area (Å²) in [4.78, 5) is 6.77. The van der Waals surface area contributed by atoms with Crippen LogP contribution in [0.5, 0.6) is 5.88 Å². The number of ether oxygens (including phenoxy) is 1. The Morgan fingerprint density at radius 2 is 2.10 bits per heavy atom. The van der Waals surface area contributed by atoms with Gasteiger partial charge in [-0.15, -0.1) is 0 Å². The third-order valence-corrected chi connectivity index (χ3v) is 4.40. The van der Waals surface area contributed by atoms with Crippen molar-refractivity contribution in [2.45, 2.75) is 51.1 Å². The SMILES string of the molecule is COc1ccc(CNCCCN(C)C2CCCCC2)cn1. The Labute approximate surface area is 128 Å². The summed E-state index contributed by atoms with van der Waals surface area (Å²) >= 11 is 0.